The van der Waals surface area contributed by atoms with Gasteiger partial charge in [0, 0.05) is 13.0 Å². The molecule has 0 aliphatic carbocycles. The summed E-state index contributed by atoms with van der Waals surface area (Å²) >= 11 is 0. The molecular formula is C48H89N13O12. The third-order valence-electron chi connectivity index (χ3n) is 12.0. The predicted molar refractivity (Wildman–Crippen MR) is 272 cm³/mol. The van der Waals surface area contributed by atoms with Crippen molar-refractivity contribution in [3.05, 3.63) is 0 Å². The summed E-state index contributed by atoms with van der Waals surface area (Å²) in [5, 5.41) is 46.8. The molecule has 25 nitrogen and oxygen atoms in total. The fourth-order valence-electron chi connectivity index (χ4n) is 7.88. The lowest BCUT2D eigenvalue weighted by molar-refractivity contribution is -0.136. The van der Waals surface area contributed by atoms with Gasteiger partial charge < -0.3 is 80.6 Å². The number of amides is 10. The lowest BCUT2D eigenvalue weighted by Crippen LogP contribution is -2.61. The predicted octanol–water partition coefficient (Wildman–Crippen LogP) is -3.46. The molecule has 1 fully saturated rings. The van der Waals surface area contributed by atoms with Gasteiger partial charge in [0.25, 0.3) is 0 Å². The minimum Gasteiger partial charge on any atom is -0.391 e. The van der Waals surface area contributed by atoms with Crippen LogP contribution in [0.1, 0.15) is 139 Å². The Morgan fingerprint density at radius 3 is 1.44 bits per heavy atom. The van der Waals surface area contributed by atoms with Crippen LogP contribution in [0.2, 0.25) is 0 Å². The molecule has 1 saturated heterocycles. The van der Waals surface area contributed by atoms with Crippen LogP contribution in [0.3, 0.4) is 0 Å². The maximum atomic E-state index is 14.3. The highest BCUT2D eigenvalue weighted by molar-refractivity contribution is 5.98. The lowest BCUT2D eigenvalue weighted by Gasteiger charge is -2.29. The zero-order chi connectivity index (χ0) is 55.4. The summed E-state index contributed by atoms with van der Waals surface area (Å²) in [4.78, 5) is 138. The number of hydrogen-bond donors (Lipinski definition) is 15. The number of nitrogens with one attached hydrogen (secondary N) is 10. The van der Waals surface area contributed by atoms with E-state index in [0.29, 0.717) is 6.42 Å². The normalized spacial score (nSPS) is 24.0. The summed E-state index contributed by atoms with van der Waals surface area (Å²) < 4.78 is 0. The molecule has 11 atom stereocenters. The van der Waals surface area contributed by atoms with Crippen molar-refractivity contribution in [3.8, 4) is 0 Å². The summed E-state index contributed by atoms with van der Waals surface area (Å²) in [6, 6.07) is -12.5. The van der Waals surface area contributed by atoms with Crippen molar-refractivity contribution in [3.63, 3.8) is 0 Å². The second kappa shape index (κ2) is 34.8. The van der Waals surface area contributed by atoms with Gasteiger partial charge in [0.05, 0.1) is 12.2 Å². The summed E-state index contributed by atoms with van der Waals surface area (Å²) in [5.74, 6) is -8.58. The summed E-state index contributed by atoms with van der Waals surface area (Å²) in [6.07, 6.45) is 0.964. The topological polar surface area (TPSA) is 410 Å². The highest BCUT2D eigenvalue weighted by atomic mass is 16.3. The van der Waals surface area contributed by atoms with Gasteiger partial charge >= 0.3 is 0 Å². The minimum absolute atomic E-state index is 0.0349. The summed E-state index contributed by atoms with van der Waals surface area (Å²) in [6.45, 7) is 12.6. The van der Waals surface area contributed by atoms with Crippen LogP contribution < -0.4 is 70.4 Å². The Morgan fingerprint density at radius 2 is 1.01 bits per heavy atom. The molecule has 0 aromatic heterocycles. The van der Waals surface area contributed by atoms with E-state index >= 15 is 0 Å². The standard InChI is InChI=1S/C48H89N13O12/c1-9-11-12-13-14-15-37(64)60-39(29(8)63)48(73)53-30(10-2)40(65)57-34-19-23-52-47(72)38(28(7)62)61-44(69)33(18-22-51)55-41(66)31(16-20-49)56-45(70)35(24-26(3)4)59-46(71)36(25-27(5)6)58-42(67)32(17-21-50)54-43(34)68/h26-36,38-39,62-63H,9-25,49-51H2,1-8H3,(H,52,72)(H,53,73)(H,54,68)(H,55,66)(H,56,70)(H,57,65)(H,58,67)(H,59,71)(H,60,64)(H,61,69)/t28-,29-,30+,31+,32+,33+,34+,35+,36+,38+,39+/m1/s1. The molecule has 1 heterocycles. The molecular weight excluding hydrogens is 951 g/mol. The van der Waals surface area contributed by atoms with E-state index in [1.54, 1.807) is 34.6 Å². The summed E-state index contributed by atoms with van der Waals surface area (Å²) in [5.41, 5.74) is 17.5. The van der Waals surface area contributed by atoms with Crippen molar-refractivity contribution in [2.24, 2.45) is 29.0 Å². The Hall–Kier alpha value is -5.50. The SMILES string of the molecule is CCCCCCCC(=O)N[C@H](C(=O)N[C@@H](CC)C(=O)N[C@H]1CCNC(=O)[C@H]([C@@H](C)O)NC(=O)[C@H](CCN)NC(=O)[C@H](CCN)NC(=O)[C@H](CC(C)C)NC(=O)[C@H](CC(C)C)NC(=O)[C@H](CCN)NC1=O)[C@@H](C)O. The Labute approximate surface area is 430 Å². The van der Waals surface area contributed by atoms with Crippen LogP contribution in [-0.4, -0.2) is 162 Å². The van der Waals surface area contributed by atoms with Gasteiger partial charge in [0.1, 0.15) is 54.4 Å². The van der Waals surface area contributed by atoms with Crippen LogP contribution in [0.4, 0.5) is 0 Å². The quantitative estimate of drug-likeness (QED) is 0.0418. The number of nitrogens with two attached hydrogens (primary N) is 3. The molecule has 0 saturated carbocycles. The van der Waals surface area contributed by atoms with Crippen molar-refractivity contribution < 1.29 is 58.2 Å². The first-order valence-corrected chi connectivity index (χ1v) is 25.9. The number of hydrogen-bond acceptors (Lipinski definition) is 15. The zero-order valence-electron chi connectivity index (χ0n) is 44.2. The van der Waals surface area contributed by atoms with E-state index < -0.39 is 126 Å². The van der Waals surface area contributed by atoms with E-state index in [0.717, 1.165) is 25.7 Å². The van der Waals surface area contributed by atoms with E-state index in [-0.39, 0.29) is 89.4 Å². The van der Waals surface area contributed by atoms with Gasteiger partial charge in [-0.2, -0.15) is 0 Å². The first kappa shape index (κ1) is 65.5. The smallest absolute Gasteiger partial charge is 0.245 e. The van der Waals surface area contributed by atoms with Gasteiger partial charge in [0.2, 0.25) is 59.1 Å². The number of rotatable bonds is 24. The fraction of sp³-hybridized carbons (Fsp3) is 0.792. The summed E-state index contributed by atoms with van der Waals surface area (Å²) in [7, 11) is 0. The molecule has 25 heteroatoms. The largest absolute Gasteiger partial charge is 0.391 e. The molecule has 0 spiro atoms. The molecule has 0 aromatic rings. The van der Waals surface area contributed by atoms with Crippen molar-refractivity contribution in [1.29, 1.82) is 0 Å². The van der Waals surface area contributed by atoms with Crippen molar-refractivity contribution in [2.45, 2.75) is 205 Å². The molecule has 0 unspecified atom stereocenters. The van der Waals surface area contributed by atoms with E-state index in [1.807, 2.05) is 0 Å². The molecule has 0 radical (unpaired) electrons. The van der Waals surface area contributed by atoms with E-state index in [1.165, 1.54) is 13.8 Å². The van der Waals surface area contributed by atoms with Crippen molar-refractivity contribution in [1.82, 2.24) is 53.2 Å². The first-order chi connectivity index (χ1) is 34.4. The molecule has 1 rings (SSSR count). The molecule has 18 N–H and O–H groups in total. The van der Waals surface area contributed by atoms with Gasteiger partial charge in [-0.05, 0) is 96.7 Å². The van der Waals surface area contributed by atoms with Crippen molar-refractivity contribution >= 4 is 59.1 Å². The molecule has 0 aromatic carbocycles. The van der Waals surface area contributed by atoms with Crippen LogP contribution in [0.25, 0.3) is 0 Å². The van der Waals surface area contributed by atoms with Crippen LogP contribution in [0.5, 0.6) is 0 Å². The second-order valence-corrected chi connectivity index (χ2v) is 19.6. The molecule has 10 amide bonds. The maximum Gasteiger partial charge on any atom is 0.245 e. The molecule has 1 aliphatic heterocycles. The van der Waals surface area contributed by atoms with E-state index in [9.17, 15) is 58.2 Å². The second-order valence-electron chi connectivity index (χ2n) is 19.6. The Kier molecular flexibility index (Phi) is 31.3. The average molecular weight is 1040 g/mol. The lowest BCUT2D eigenvalue weighted by atomic mass is 9.99. The molecule has 0 bridgehead atoms. The fourth-order valence-corrected chi connectivity index (χ4v) is 7.88. The highest BCUT2D eigenvalue weighted by Crippen LogP contribution is 2.12. The number of carbonyl (C=O) groups is 10. The van der Waals surface area contributed by atoms with Gasteiger partial charge in [-0.15, -0.1) is 0 Å². The van der Waals surface area contributed by atoms with Crippen LogP contribution in [0, 0.1) is 11.8 Å². The van der Waals surface area contributed by atoms with Gasteiger partial charge in [-0.3, -0.25) is 47.9 Å². The number of unbranched alkanes of at least 4 members (excludes halogenated alkanes) is 4. The Morgan fingerprint density at radius 1 is 0.575 bits per heavy atom. The maximum absolute atomic E-state index is 14.3. The highest BCUT2D eigenvalue weighted by Gasteiger charge is 2.37. The number of aliphatic hydroxyl groups excluding tert-OH is 2. The molecule has 418 valence electrons. The van der Waals surface area contributed by atoms with Crippen LogP contribution in [0.15, 0.2) is 0 Å². The van der Waals surface area contributed by atoms with Crippen LogP contribution >= 0.6 is 0 Å². The molecule has 73 heavy (non-hydrogen) atoms. The van der Waals surface area contributed by atoms with Gasteiger partial charge in [-0.1, -0.05) is 67.2 Å². The van der Waals surface area contributed by atoms with Crippen molar-refractivity contribution in [2.75, 3.05) is 26.2 Å². The average Bonchev–Trinajstić information content (AvgIpc) is 3.31. The van der Waals surface area contributed by atoms with Gasteiger partial charge in [-0.25, -0.2) is 0 Å². The first-order valence-electron chi connectivity index (χ1n) is 25.9. The Bertz CT molecular complexity index is 1800. The minimum atomic E-state index is -1.63. The molecule has 1 aliphatic rings. The monoisotopic (exact) mass is 1040 g/mol. The third kappa shape index (κ3) is 24.4. The zero-order valence-corrected chi connectivity index (χ0v) is 44.2. The van der Waals surface area contributed by atoms with Gasteiger partial charge in [0.15, 0.2) is 0 Å². The van der Waals surface area contributed by atoms with E-state index in [2.05, 4.69) is 60.1 Å². The van der Waals surface area contributed by atoms with Crippen LogP contribution in [-0.2, 0) is 47.9 Å². The van der Waals surface area contributed by atoms with E-state index in [4.69, 9.17) is 17.2 Å². The third-order valence-corrected chi connectivity index (χ3v) is 12.0. The number of carbonyl (C=O) groups excluding carboxylic acids is 10. The Balaban J connectivity index is 3.79. The number of aliphatic hydroxyl groups is 2.